The summed E-state index contributed by atoms with van der Waals surface area (Å²) in [5, 5.41) is 4.70. The first-order valence-corrected chi connectivity index (χ1v) is 3.72. The smallest absolute Gasteiger partial charge is 0.166 e. The first kappa shape index (κ1) is 7.31. The lowest BCUT2D eigenvalue weighted by Crippen LogP contribution is -1.85. The van der Waals surface area contributed by atoms with E-state index in [-0.39, 0.29) is 0 Å². The number of methoxy groups -OCH3 is 1. The van der Waals surface area contributed by atoms with Gasteiger partial charge in [-0.3, -0.25) is 0 Å². The number of aromatic nitrogens is 1. The highest BCUT2D eigenvalue weighted by molar-refractivity contribution is 5.76. The van der Waals surface area contributed by atoms with Crippen LogP contribution in [0.4, 0.5) is 0 Å². The molecule has 0 aliphatic rings. The number of hydrogen-bond donors (Lipinski definition) is 0. The fourth-order valence-electron chi connectivity index (χ4n) is 1.18. The summed E-state index contributed by atoms with van der Waals surface area (Å²) in [6, 6.07) is 5.88. The van der Waals surface area contributed by atoms with Crippen molar-refractivity contribution in [2.24, 2.45) is 0 Å². The Morgan fingerprint density at radius 2 is 2.42 bits per heavy atom. The van der Waals surface area contributed by atoms with Crippen LogP contribution in [0.3, 0.4) is 0 Å². The van der Waals surface area contributed by atoms with Crippen LogP contribution < -0.4 is 0 Å². The monoisotopic (exact) mass is 163 g/mol. The largest absolute Gasteiger partial charge is 0.380 e. The molecule has 0 saturated heterocycles. The summed E-state index contributed by atoms with van der Waals surface area (Å²) in [5.41, 5.74) is 1.95. The Morgan fingerprint density at radius 1 is 1.50 bits per heavy atom. The van der Waals surface area contributed by atoms with Gasteiger partial charge in [0.2, 0.25) is 0 Å². The maximum absolute atomic E-state index is 5.00. The molecule has 0 unspecified atom stereocenters. The van der Waals surface area contributed by atoms with Crippen molar-refractivity contribution in [3.63, 3.8) is 0 Å². The zero-order valence-corrected chi connectivity index (χ0v) is 6.78. The molecule has 12 heavy (non-hydrogen) atoms. The molecular formula is C9H9NO2. The molecule has 2 aromatic rings. The second-order valence-electron chi connectivity index (χ2n) is 2.63. The van der Waals surface area contributed by atoms with E-state index in [2.05, 4.69) is 5.16 Å². The Kier molecular flexibility index (Phi) is 1.80. The number of nitrogens with zero attached hydrogens (tertiary/aromatic N) is 1. The van der Waals surface area contributed by atoms with Gasteiger partial charge in [-0.1, -0.05) is 11.2 Å². The van der Waals surface area contributed by atoms with Gasteiger partial charge in [0.15, 0.2) is 5.58 Å². The number of benzene rings is 1. The van der Waals surface area contributed by atoms with Crippen molar-refractivity contribution in [1.82, 2.24) is 5.16 Å². The van der Waals surface area contributed by atoms with Crippen molar-refractivity contribution in [3.05, 3.63) is 30.0 Å². The summed E-state index contributed by atoms with van der Waals surface area (Å²) in [6.45, 7) is 0.626. The molecule has 0 radical (unpaired) electrons. The van der Waals surface area contributed by atoms with Crippen molar-refractivity contribution in [2.45, 2.75) is 6.61 Å². The van der Waals surface area contributed by atoms with Crippen LogP contribution in [0.25, 0.3) is 11.0 Å². The predicted octanol–water partition coefficient (Wildman–Crippen LogP) is 1.97. The fraction of sp³-hybridized carbons (Fsp3) is 0.222. The topological polar surface area (TPSA) is 35.3 Å². The maximum atomic E-state index is 5.00. The van der Waals surface area contributed by atoms with Gasteiger partial charge in [-0.25, -0.2) is 0 Å². The third-order valence-corrected chi connectivity index (χ3v) is 1.73. The van der Waals surface area contributed by atoms with Crippen LogP contribution in [0.5, 0.6) is 0 Å². The third kappa shape index (κ3) is 1.19. The molecule has 3 nitrogen and oxygen atoms in total. The van der Waals surface area contributed by atoms with Gasteiger partial charge in [0.25, 0.3) is 0 Å². The molecule has 2 rings (SSSR count). The molecule has 1 heterocycles. The summed E-state index contributed by atoms with van der Waals surface area (Å²) in [4.78, 5) is 0. The van der Waals surface area contributed by atoms with Gasteiger partial charge >= 0.3 is 0 Å². The van der Waals surface area contributed by atoms with Crippen LogP contribution in [0, 0.1) is 0 Å². The lowest BCUT2D eigenvalue weighted by atomic mass is 10.2. The Hall–Kier alpha value is -1.35. The lowest BCUT2D eigenvalue weighted by Gasteiger charge is -1.97. The SMILES string of the molecule is COCc1ccc2oncc2c1. The van der Waals surface area contributed by atoms with Gasteiger partial charge in [-0.2, -0.15) is 0 Å². The van der Waals surface area contributed by atoms with Crippen molar-refractivity contribution in [3.8, 4) is 0 Å². The average molecular weight is 163 g/mol. The molecule has 62 valence electrons. The zero-order valence-electron chi connectivity index (χ0n) is 6.78. The summed E-state index contributed by atoms with van der Waals surface area (Å²) < 4.78 is 9.96. The zero-order chi connectivity index (χ0) is 8.39. The van der Waals surface area contributed by atoms with E-state index in [4.69, 9.17) is 9.26 Å². The molecule has 1 aromatic heterocycles. The third-order valence-electron chi connectivity index (χ3n) is 1.73. The summed E-state index contributed by atoms with van der Waals surface area (Å²) in [6.07, 6.45) is 1.70. The second kappa shape index (κ2) is 2.95. The molecular weight excluding hydrogens is 154 g/mol. The molecule has 0 fully saturated rings. The highest BCUT2D eigenvalue weighted by Crippen LogP contribution is 2.15. The fourth-order valence-corrected chi connectivity index (χ4v) is 1.18. The molecule has 1 aromatic carbocycles. The van der Waals surface area contributed by atoms with Crippen LogP contribution >= 0.6 is 0 Å². The quantitative estimate of drug-likeness (QED) is 0.679. The first-order chi connectivity index (χ1) is 5.90. The van der Waals surface area contributed by atoms with Gasteiger partial charge in [0.1, 0.15) is 0 Å². The first-order valence-electron chi connectivity index (χ1n) is 3.72. The number of rotatable bonds is 2. The van der Waals surface area contributed by atoms with Gasteiger partial charge in [-0.05, 0) is 17.7 Å². The molecule has 0 bridgehead atoms. The minimum Gasteiger partial charge on any atom is -0.380 e. The summed E-state index contributed by atoms with van der Waals surface area (Å²) in [5.74, 6) is 0. The van der Waals surface area contributed by atoms with Crippen LogP contribution in [0.15, 0.2) is 28.9 Å². The molecule has 3 heteroatoms. The Bertz CT molecular complexity index is 381. The maximum Gasteiger partial charge on any atom is 0.166 e. The van der Waals surface area contributed by atoms with E-state index in [1.54, 1.807) is 13.3 Å². The van der Waals surface area contributed by atoms with E-state index >= 15 is 0 Å². The second-order valence-corrected chi connectivity index (χ2v) is 2.63. The van der Waals surface area contributed by atoms with Crippen LogP contribution in [0.2, 0.25) is 0 Å². The van der Waals surface area contributed by atoms with Crippen molar-refractivity contribution in [1.29, 1.82) is 0 Å². The highest BCUT2D eigenvalue weighted by Gasteiger charge is 1.98. The van der Waals surface area contributed by atoms with Crippen LogP contribution in [-0.4, -0.2) is 12.3 Å². The van der Waals surface area contributed by atoms with Gasteiger partial charge < -0.3 is 9.26 Å². The summed E-state index contributed by atoms with van der Waals surface area (Å²) >= 11 is 0. The van der Waals surface area contributed by atoms with Gasteiger partial charge in [0.05, 0.1) is 12.8 Å². The van der Waals surface area contributed by atoms with Crippen molar-refractivity contribution >= 4 is 11.0 Å². The van der Waals surface area contributed by atoms with Crippen molar-refractivity contribution < 1.29 is 9.26 Å². The van der Waals surface area contributed by atoms with E-state index in [1.165, 1.54) is 0 Å². The van der Waals surface area contributed by atoms with E-state index in [0.717, 1.165) is 16.5 Å². The molecule has 0 N–H and O–H groups in total. The molecule has 0 aliphatic carbocycles. The lowest BCUT2D eigenvalue weighted by molar-refractivity contribution is 0.185. The number of fused-ring (bicyclic) bond motifs is 1. The predicted molar refractivity (Wildman–Crippen MR) is 44.7 cm³/mol. The minimum atomic E-state index is 0.626. The minimum absolute atomic E-state index is 0.626. The van der Waals surface area contributed by atoms with Gasteiger partial charge in [-0.15, -0.1) is 0 Å². The van der Waals surface area contributed by atoms with E-state index in [0.29, 0.717) is 6.61 Å². The standard InChI is InChI=1S/C9H9NO2/c1-11-6-7-2-3-9-8(4-7)5-10-12-9/h2-5H,6H2,1H3. The molecule has 0 spiro atoms. The average Bonchev–Trinajstić information content (AvgIpc) is 2.51. The molecule has 0 amide bonds. The molecule has 0 aliphatic heterocycles. The van der Waals surface area contributed by atoms with E-state index in [1.807, 2.05) is 18.2 Å². The van der Waals surface area contributed by atoms with E-state index < -0.39 is 0 Å². The molecule has 0 saturated carbocycles. The Labute approximate surface area is 69.9 Å². The Balaban J connectivity index is 2.46. The Morgan fingerprint density at radius 3 is 3.25 bits per heavy atom. The summed E-state index contributed by atoms with van der Waals surface area (Å²) in [7, 11) is 1.68. The number of ether oxygens (including phenoxy) is 1. The van der Waals surface area contributed by atoms with Gasteiger partial charge in [0, 0.05) is 12.5 Å². The highest BCUT2D eigenvalue weighted by atomic mass is 16.5. The normalized spacial score (nSPS) is 10.8. The number of hydrogen-bond acceptors (Lipinski definition) is 3. The van der Waals surface area contributed by atoms with E-state index in [9.17, 15) is 0 Å². The van der Waals surface area contributed by atoms with Crippen LogP contribution in [-0.2, 0) is 11.3 Å². The van der Waals surface area contributed by atoms with Crippen molar-refractivity contribution in [2.75, 3.05) is 7.11 Å². The van der Waals surface area contributed by atoms with Crippen LogP contribution in [0.1, 0.15) is 5.56 Å². The molecule has 0 atom stereocenters.